The molecule has 1 aliphatic rings. The van der Waals surface area contributed by atoms with Crippen LogP contribution in [0.25, 0.3) is 0 Å². The summed E-state index contributed by atoms with van der Waals surface area (Å²) < 4.78 is 5.21. The SMILES string of the molecule is COc1ccc2c(c1)CC(C)N(C(C)=O)N=C2. The first-order valence-corrected chi connectivity index (χ1v) is 5.62. The maximum Gasteiger partial charge on any atom is 0.239 e. The molecule has 1 unspecified atom stereocenters. The van der Waals surface area contributed by atoms with E-state index in [-0.39, 0.29) is 11.9 Å². The minimum Gasteiger partial charge on any atom is -0.497 e. The third-order valence-corrected chi connectivity index (χ3v) is 2.93. The number of rotatable bonds is 1. The van der Waals surface area contributed by atoms with E-state index in [9.17, 15) is 4.79 Å². The molecule has 1 amide bonds. The summed E-state index contributed by atoms with van der Waals surface area (Å²) >= 11 is 0. The van der Waals surface area contributed by atoms with E-state index in [1.165, 1.54) is 11.9 Å². The molecule has 0 spiro atoms. The molecule has 0 radical (unpaired) electrons. The molecule has 1 aliphatic heterocycles. The van der Waals surface area contributed by atoms with Gasteiger partial charge in [0, 0.05) is 6.92 Å². The molecule has 4 heteroatoms. The van der Waals surface area contributed by atoms with Crippen LogP contribution < -0.4 is 4.74 Å². The minimum absolute atomic E-state index is 0.0338. The number of benzene rings is 1. The second kappa shape index (κ2) is 4.57. The van der Waals surface area contributed by atoms with E-state index < -0.39 is 0 Å². The number of amides is 1. The Balaban J connectivity index is 2.36. The highest BCUT2D eigenvalue weighted by atomic mass is 16.5. The van der Waals surface area contributed by atoms with Crippen molar-refractivity contribution < 1.29 is 9.53 Å². The van der Waals surface area contributed by atoms with E-state index in [0.29, 0.717) is 0 Å². The molecule has 0 N–H and O–H groups in total. The number of carbonyl (C=O) groups excluding carboxylic acids is 1. The number of ether oxygens (including phenoxy) is 1. The molecule has 0 saturated heterocycles. The second-order valence-corrected chi connectivity index (χ2v) is 4.23. The fourth-order valence-corrected chi connectivity index (χ4v) is 2.05. The molecule has 0 bridgehead atoms. The normalized spacial score (nSPS) is 18.5. The van der Waals surface area contributed by atoms with Gasteiger partial charge in [-0.1, -0.05) is 0 Å². The van der Waals surface area contributed by atoms with Gasteiger partial charge in [-0.25, -0.2) is 5.01 Å². The number of fused-ring (bicyclic) bond motifs is 1. The van der Waals surface area contributed by atoms with Crippen LogP contribution in [0.2, 0.25) is 0 Å². The Hall–Kier alpha value is -1.84. The lowest BCUT2D eigenvalue weighted by atomic mass is 10.0. The van der Waals surface area contributed by atoms with E-state index in [4.69, 9.17) is 4.74 Å². The smallest absolute Gasteiger partial charge is 0.239 e. The average molecular weight is 232 g/mol. The van der Waals surface area contributed by atoms with Gasteiger partial charge >= 0.3 is 0 Å². The third kappa shape index (κ3) is 2.30. The van der Waals surface area contributed by atoms with Crippen LogP contribution in [0.15, 0.2) is 23.3 Å². The molecule has 17 heavy (non-hydrogen) atoms. The van der Waals surface area contributed by atoms with Crippen molar-refractivity contribution in [2.75, 3.05) is 7.11 Å². The van der Waals surface area contributed by atoms with Crippen molar-refractivity contribution in [1.82, 2.24) is 5.01 Å². The molecule has 1 aromatic carbocycles. The van der Waals surface area contributed by atoms with Gasteiger partial charge in [-0.05, 0) is 42.7 Å². The van der Waals surface area contributed by atoms with E-state index in [0.717, 1.165) is 23.3 Å². The summed E-state index contributed by atoms with van der Waals surface area (Å²) in [5.41, 5.74) is 2.20. The Kier molecular flexibility index (Phi) is 3.13. The number of methoxy groups -OCH3 is 1. The molecule has 1 aromatic rings. The second-order valence-electron chi connectivity index (χ2n) is 4.23. The fraction of sp³-hybridized carbons (Fsp3) is 0.385. The number of nitrogens with zero attached hydrogens (tertiary/aromatic N) is 2. The Morgan fingerprint density at radius 2 is 2.29 bits per heavy atom. The Labute approximate surface area is 101 Å². The van der Waals surface area contributed by atoms with E-state index in [1.807, 2.05) is 25.1 Å². The summed E-state index contributed by atoms with van der Waals surface area (Å²) in [6.07, 6.45) is 2.52. The average Bonchev–Trinajstić information content (AvgIpc) is 2.46. The zero-order chi connectivity index (χ0) is 12.4. The van der Waals surface area contributed by atoms with E-state index >= 15 is 0 Å². The Morgan fingerprint density at radius 1 is 1.53 bits per heavy atom. The Bertz CT molecular complexity index is 468. The quantitative estimate of drug-likeness (QED) is 0.741. The lowest BCUT2D eigenvalue weighted by Crippen LogP contribution is -2.33. The molecule has 2 rings (SSSR count). The van der Waals surface area contributed by atoms with Gasteiger partial charge in [0.1, 0.15) is 5.75 Å². The zero-order valence-electron chi connectivity index (χ0n) is 10.3. The molecular weight excluding hydrogens is 216 g/mol. The molecule has 4 nitrogen and oxygen atoms in total. The predicted molar refractivity (Wildman–Crippen MR) is 66.3 cm³/mol. The van der Waals surface area contributed by atoms with Crippen molar-refractivity contribution in [1.29, 1.82) is 0 Å². The molecule has 1 heterocycles. The number of hydrogen-bond donors (Lipinski definition) is 0. The summed E-state index contributed by atoms with van der Waals surface area (Å²) in [5.74, 6) is 0.800. The van der Waals surface area contributed by atoms with Crippen LogP contribution in [0.3, 0.4) is 0 Å². The van der Waals surface area contributed by atoms with E-state index in [2.05, 4.69) is 5.10 Å². The molecule has 0 saturated carbocycles. The molecule has 0 aromatic heterocycles. The standard InChI is InChI=1S/C13H16N2O2/c1-9-6-12-7-13(17-3)5-4-11(12)8-14-15(9)10(2)16/h4-5,7-9H,6H2,1-3H3. The van der Waals surface area contributed by atoms with Crippen molar-refractivity contribution in [3.63, 3.8) is 0 Å². The number of carbonyl (C=O) groups is 1. The van der Waals surface area contributed by atoms with Gasteiger partial charge in [-0.15, -0.1) is 0 Å². The van der Waals surface area contributed by atoms with Crippen LogP contribution in [0.5, 0.6) is 5.75 Å². The summed E-state index contributed by atoms with van der Waals surface area (Å²) in [5, 5.41) is 5.74. The molecule has 0 aliphatic carbocycles. The maximum atomic E-state index is 11.4. The van der Waals surface area contributed by atoms with Crippen molar-refractivity contribution in [3.05, 3.63) is 29.3 Å². The van der Waals surface area contributed by atoms with Gasteiger partial charge < -0.3 is 4.74 Å². The lowest BCUT2D eigenvalue weighted by Gasteiger charge is -2.21. The first-order valence-electron chi connectivity index (χ1n) is 5.62. The van der Waals surface area contributed by atoms with Crippen molar-refractivity contribution in [2.24, 2.45) is 5.10 Å². The molecule has 90 valence electrons. The maximum absolute atomic E-state index is 11.4. The summed E-state index contributed by atoms with van der Waals surface area (Å²) in [6, 6.07) is 5.94. The summed E-state index contributed by atoms with van der Waals surface area (Å²) in [7, 11) is 1.65. The number of hydrogen-bond acceptors (Lipinski definition) is 3. The highest BCUT2D eigenvalue weighted by Gasteiger charge is 2.20. The van der Waals surface area contributed by atoms with Gasteiger partial charge in [-0.2, -0.15) is 5.10 Å². The number of hydrazone groups is 1. The molecular formula is C13H16N2O2. The monoisotopic (exact) mass is 232 g/mol. The van der Waals surface area contributed by atoms with Crippen LogP contribution >= 0.6 is 0 Å². The lowest BCUT2D eigenvalue weighted by molar-refractivity contribution is -0.130. The molecule has 0 fully saturated rings. The fourth-order valence-electron chi connectivity index (χ4n) is 2.05. The van der Waals surface area contributed by atoms with Crippen LogP contribution in [-0.2, 0) is 11.2 Å². The van der Waals surface area contributed by atoms with Gasteiger partial charge in [0.2, 0.25) is 5.91 Å². The van der Waals surface area contributed by atoms with Crippen LogP contribution in [0, 0.1) is 0 Å². The van der Waals surface area contributed by atoms with Gasteiger partial charge in [0.25, 0.3) is 0 Å². The van der Waals surface area contributed by atoms with Crippen LogP contribution in [0.1, 0.15) is 25.0 Å². The third-order valence-electron chi connectivity index (χ3n) is 2.93. The predicted octanol–water partition coefficient (Wildman–Crippen LogP) is 1.82. The first-order chi connectivity index (χ1) is 8.11. The molecule has 1 atom stereocenters. The topological polar surface area (TPSA) is 41.9 Å². The van der Waals surface area contributed by atoms with Gasteiger partial charge in [-0.3, -0.25) is 4.79 Å². The highest BCUT2D eigenvalue weighted by Crippen LogP contribution is 2.22. The highest BCUT2D eigenvalue weighted by molar-refractivity contribution is 5.84. The van der Waals surface area contributed by atoms with Crippen molar-refractivity contribution in [2.45, 2.75) is 26.3 Å². The Morgan fingerprint density at radius 3 is 2.94 bits per heavy atom. The summed E-state index contributed by atoms with van der Waals surface area (Å²) in [6.45, 7) is 3.53. The summed E-state index contributed by atoms with van der Waals surface area (Å²) in [4.78, 5) is 11.4. The largest absolute Gasteiger partial charge is 0.497 e. The van der Waals surface area contributed by atoms with Crippen LogP contribution in [-0.4, -0.2) is 30.3 Å². The van der Waals surface area contributed by atoms with Crippen molar-refractivity contribution >= 4 is 12.1 Å². The minimum atomic E-state index is -0.0338. The zero-order valence-corrected chi connectivity index (χ0v) is 10.3. The van der Waals surface area contributed by atoms with Crippen LogP contribution in [0.4, 0.5) is 0 Å². The van der Waals surface area contributed by atoms with Crippen molar-refractivity contribution in [3.8, 4) is 5.75 Å². The van der Waals surface area contributed by atoms with Gasteiger partial charge in [0.15, 0.2) is 0 Å². The van der Waals surface area contributed by atoms with E-state index in [1.54, 1.807) is 13.3 Å². The van der Waals surface area contributed by atoms with Gasteiger partial charge in [0.05, 0.1) is 19.4 Å². The first kappa shape index (κ1) is 11.6.